The van der Waals surface area contributed by atoms with E-state index in [2.05, 4.69) is 26.3 Å². The average Bonchev–Trinajstić information content (AvgIpc) is 3.49. The molecule has 0 aromatic heterocycles. The van der Waals surface area contributed by atoms with Gasteiger partial charge in [0, 0.05) is 13.1 Å². The molecule has 0 unspecified atom stereocenters. The van der Waals surface area contributed by atoms with Crippen molar-refractivity contribution in [3.63, 3.8) is 0 Å². The second-order valence-corrected chi connectivity index (χ2v) is 12.9. The Morgan fingerprint density at radius 2 is 1.45 bits per heavy atom. The highest BCUT2D eigenvalue weighted by Crippen LogP contribution is 2.20. The molecule has 7 atom stereocenters. The van der Waals surface area contributed by atoms with E-state index in [-0.39, 0.29) is 44.2 Å². The summed E-state index contributed by atoms with van der Waals surface area (Å²) in [5.74, 6) is -7.69. The van der Waals surface area contributed by atoms with Crippen molar-refractivity contribution < 1.29 is 48.9 Å². The standard InChI is InChI=1S/C30H53N9O10/c1-14(2)12-18(36-26(45)20-9-7-11-39(20)28(47)22(31)16(5)40)25(44)38-23(15(3)4)27(46)37-19(13-21(41)42)24(43)35-17(29(48)49)8-6-10-34-30(32)33/h14-20,22-23,40H,6-13,31H2,1-5H3,(H,35,43)(H,36,45)(H,37,46)(H,38,44)(H,41,42)(H,48,49)(H4,32,33,34)/t16-,17+,18+,19+,20+,22+,23+/m1/s1. The van der Waals surface area contributed by atoms with E-state index >= 15 is 0 Å². The number of carboxylic acid groups (broad SMARTS) is 2. The van der Waals surface area contributed by atoms with Gasteiger partial charge < -0.3 is 58.7 Å². The van der Waals surface area contributed by atoms with E-state index < -0.39 is 96.2 Å². The largest absolute Gasteiger partial charge is 0.481 e. The van der Waals surface area contributed by atoms with Gasteiger partial charge in [-0.3, -0.25) is 33.8 Å². The first-order chi connectivity index (χ1) is 22.8. The van der Waals surface area contributed by atoms with E-state index in [0.29, 0.717) is 12.8 Å². The molecule has 0 spiro atoms. The Bertz CT molecular complexity index is 1220. The maximum absolute atomic E-state index is 13.5. The number of guanidine groups is 1. The van der Waals surface area contributed by atoms with Crippen LogP contribution >= 0.6 is 0 Å². The molecule has 1 heterocycles. The fraction of sp³-hybridized carbons (Fsp3) is 0.733. The number of likely N-dealkylation sites (tertiary alicyclic amines) is 1. The lowest BCUT2D eigenvalue weighted by Crippen LogP contribution is -2.60. The first-order valence-corrected chi connectivity index (χ1v) is 16.2. The Labute approximate surface area is 285 Å². The molecule has 1 fully saturated rings. The topological polar surface area (TPSA) is 322 Å². The van der Waals surface area contributed by atoms with Gasteiger partial charge in [0.15, 0.2) is 5.96 Å². The van der Waals surface area contributed by atoms with Crippen LogP contribution in [-0.2, 0) is 33.6 Å². The highest BCUT2D eigenvalue weighted by atomic mass is 16.4. The number of nitrogens with one attached hydrogen (secondary N) is 4. The summed E-state index contributed by atoms with van der Waals surface area (Å²) in [4.78, 5) is 94.4. The molecular formula is C30H53N9O10. The maximum atomic E-state index is 13.5. The van der Waals surface area contributed by atoms with Crippen LogP contribution in [0.3, 0.4) is 0 Å². The lowest BCUT2D eigenvalue weighted by atomic mass is 9.99. The normalized spacial score (nSPS) is 18.0. The van der Waals surface area contributed by atoms with Gasteiger partial charge in [-0.2, -0.15) is 0 Å². The van der Waals surface area contributed by atoms with Crippen molar-refractivity contribution in [3.8, 4) is 0 Å². The fourth-order valence-electron chi connectivity index (χ4n) is 5.14. The lowest BCUT2D eigenvalue weighted by molar-refractivity contribution is -0.144. The number of aliphatic imine (C=N–C) groups is 1. The molecule has 0 bridgehead atoms. The summed E-state index contributed by atoms with van der Waals surface area (Å²) in [6.45, 7) is 8.50. The molecule has 0 saturated carbocycles. The number of rotatable bonds is 20. The SMILES string of the molecule is CC(C)C[C@H](NC(=O)[C@@H]1CCCN1C(=O)[C@@H](N)[C@@H](C)O)C(=O)N[C@H](C(=O)N[C@@H](CC(=O)O)C(=O)N[C@@H](CCCN=C(N)N)C(=O)O)C(C)C. The highest BCUT2D eigenvalue weighted by molar-refractivity contribution is 5.97. The Balaban J connectivity index is 3.11. The number of carbonyl (C=O) groups excluding carboxylic acids is 5. The summed E-state index contributed by atoms with van der Waals surface area (Å²) in [7, 11) is 0. The number of amides is 5. The molecule has 1 rings (SSSR count). The molecule has 5 amide bonds. The zero-order chi connectivity index (χ0) is 37.6. The predicted molar refractivity (Wildman–Crippen MR) is 176 cm³/mol. The van der Waals surface area contributed by atoms with Gasteiger partial charge in [0.25, 0.3) is 0 Å². The molecule has 0 aromatic rings. The molecule has 0 aliphatic carbocycles. The summed E-state index contributed by atoms with van der Waals surface area (Å²) in [6, 6.07) is -7.74. The minimum absolute atomic E-state index is 0.0828. The molecule has 19 heteroatoms. The van der Waals surface area contributed by atoms with E-state index in [0.717, 1.165) is 0 Å². The van der Waals surface area contributed by atoms with Gasteiger partial charge in [-0.15, -0.1) is 0 Å². The number of carbonyl (C=O) groups is 7. The summed E-state index contributed by atoms with van der Waals surface area (Å²) in [5, 5.41) is 38.5. The summed E-state index contributed by atoms with van der Waals surface area (Å²) in [5.41, 5.74) is 16.3. The molecule has 1 aliphatic rings. The highest BCUT2D eigenvalue weighted by Gasteiger charge is 2.39. The van der Waals surface area contributed by atoms with Gasteiger partial charge in [0.05, 0.1) is 12.5 Å². The first kappa shape index (κ1) is 42.5. The van der Waals surface area contributed by atoms with Crippen LogP contribution in [0.15, 0.2) is 4.99 Å². The van der Waals surface area contributed by atoms with Crippen LogP contribution in [-0.4, -0.2) is 123 Å². The van der Waals surface area contributed by atoms with Gasteiger partial charge in [-0.1, -0.05) is 27.7 Å². The van der Waals surface area contributed by atoms with Crippen LogP contribution in [0.1, 0.15) is 73.1 Å². The third-order valence-corrected chi connectivity index (χ3v) is 7.80. The van der Waals surface area contributed by atoms with Crippen LogP contribution in [0.2, 0.25) is 0 Å². The van der Waals surface area contributed by atoms with Crippen molar-refractivity contribution >= 4 is 47.4 Å². The molecule has 49 heavy (non-hydrogen) atoms. The second-order valence-electron chi connectivity index (χ2n) is 12.9. The average molecular weight is 700 g/mol. The predicted octanol–water partition coefficient (Wildman–Crippen LogP) is -3.06. The third kappa shape index (κ3) is 14.2. The van der Waals surface area contributed by atoms with Crippen molar-refractivity contribution in [1.29, 1.82) is 0 Å². The van der Waals surface area contributed by atoms with Crippen LogP contribution in [0.5, 0.6) is 0 Å². The number of nitrogens with zero attached hydrogens (tertiary/aromatic N) is 2. The maximum Gasteiger partial charge on any atom is 0.326 e. The van der Waals surface area contributed by atoms with Gasteiger partial charge >= 0.3 is 11.9 Å². The lowest BCUT2D eigenvalue weighted by Gasteiger charge is -2.30. The van der Waals surface area contributed by atoms with Crippen LogP contribution in [0, 0.1) is 11.8 Å². The van der Waals surface area contributed by atoms with Gasteiger partial charge in [0.2, 0.25) is 29.5 Å². The first-order valence-electron chi connectivity index (χ1n) is 16.2. The van der Waals surface area contributed by atoms with E-state index in [1.165, 1.54) is 11.8 Å². The number of hydrogen-bond acceptors (Lipinski definition) is 10. The molecule has 1 saturated heterocycles. The van der Waals surface area contributed by atoms with Crippen molar-refractivity contribution in [2.75, 3.05) is 13.1 Å². The van der Waals surface area contributed by atoms with Crippen molar-refractivity contribution in [2.24, 2.45) is 34.0 Å². The summed E-state index contributed by atoms with van der Waals surface area (Å²) < 4.78 is 0. The number of hydrogen-bond donors (Lipinski definition) is 10. The quantitative estimate of drug-likeness (QED) is 0.0343. The van der Waals surface area contributed by atoms with Crippen molar-refractivity contribution in [2.45, 2.75) is 115 Å². The van der Waals surface area contributed by atoms with Gasteiger partial charge in [0.1, 0.15) is 36.3 Å². The van der Waals surface area contributed by atoms with Crippen LogP contribution in [0.25, 0.3) is 0 Å². The van der Waals surface area contributed by atoms with Crippen LogP contribution < -0.4 is 38.5 Å². The monoisotopic (exact) mass is 699 g/mol. The zero-order valence-electron chi connectivity index (χ0n) is 28.7. The smallest absolute Gasteiger partial charge is 0.326 e. The van der Waals surface area contributed by atoms with E-state index in [1.807, 2.05) is 13.8 Å². The molecule has 278 valence electrons. The van der Waals surface area contributed by atoms with Crippen molar-refractivity contribution in [3.05, 3.63) is 0 Å². The fourth-order valence-corrected chi connectivity index (χ4v) is 5.14. The van der Waals surface area contributed by atoms with E-state index in [4.69, 9.17) is 17.2 Å². The van der Waals surface area contributed by atoms with E-state index in [1.54, 1.807) is 13.8 Å². The number of nitrogens with two attached hydrogens (primary N) is 3. The molecule has 13 N–H and O–H groups in total. The third-order valence-electron chi connectivity index (χ3n) is 7.80. The Morgan fingerprint density at radius 1 is 0.857 bits per heavy atom. The molecule has 1 aliphatic heterocycles. The van der Waals surface area contributed by atoms with Gasteiger partial charge in [-0.05, 0) is 50.9 Å². The Hall–Kier alpha value is -4.52. The van der Waals surface area contributed by atoms with E-state index in [9.17, 15) is 48.9 Å². The summed E-state index contributed by atoms with van der Waals surface area (Å²) >= 11 is 0. The number of aliphatic hydroxyl groups is 1. The summed E-state index contributed by atoms with van der Waals surface area (Å²) in [6.07, 6.45) is -0.992. The second kappa shape index (κ2) is 20.1. The molecule has 19 nitrogen and oxygen atoms in total. The molecule has 0 aromatic carbocycles. The molecular weight excluding hydrogens is 646 g/mol. The number of aliphatic hydroxyl groups excluding tert-OH is 1. The Morgan fingerprint density at radius 3 is 1.96 bits per heavy atom. The van der Waals surface area contributed by atoms with Crippen LogP contribution in [0.4, 0.5) is 0 Å². The van der Waals surface area contributed by atoms with Gasteiger partial charge in [-0.25, -0.2) is 4.79 Å². The zero-order valence-corrected chi connectivity index (χ0v) is 28.7. The number of carboxylic acids is 2. The number of aliphatic carboxylic acids is 2. The minimum atomic E-state index is -1.70. The Kier molecular flexibility index (Phi) is 17.4. The van der Waals surface area contributed by atoms with Crippen molar-refractivity contribution in [1.82, 2.24) is 26.2 Å². The molecule has 0 radical (unpaired) electrons. The minimum Gasteiger partial charge on any atom is -0.481 e.